The molecule has 128 heavy (non-hydrogen) atoms. The lowest BCUT2D eigenvalue weighted by atomic mass is 10.4. The molecule has 0 saturated carbocycles. The summed E-state index contributed by atoms with van der Waals surface area (Å²) in [6.07, 6.45) is -0.376. The molecule has 4 heterocycles. The van der Waals surface area contributed by atoms with Crippen LogP contribution >= 0.6 is 59.0 Å². The molecule has 12 atom stereocenters. The maximum Gasteiger partial charge on any atom is 0.121 e. The molecule has 40 nitrogen and oxygen atoms in total. The van der Waals surface area contributed by atoms with Gasteiger partial charge in [-0.3, -0.25) is 19.6 Å². The Morgan fingerprint density at radius 1 is 0.203 bits per heavy atom. The number of rotatable bonds is 24. The van der Waals surface area contributed by atoms with E-state index in [-0.39, 0.29) is 119 Å². The van der Waals surface area contributed by atoms with E-state index in [1.165, 1.54) is 0 Å². The van der Waals surface area contributed by atoms with Gasteiger partial charge in [0.15, 0.2) is 0 Å². The van der Waals surface area contributed by atoms with Gasteiger partial charge in [0.1, 0.15) is 51.3 Å². The molecule has 0 amide bonds. The summed E-state index contributed by atoms with van der Waals surface area (Å²) >= 11 is 0. The molecule has 8 aromatic rings. The van der Waals surface area contributed by atoms with E-state index < -0.39 is 59.0 Å². The SMILES string of the molecule is O.O.O.O.O.O.O.O.O=P([O-])(CN1CCOCC[NH+](CP(=O)([O-])c2ccccc2)CC1)c1ccccc1.O=P([O-])(CN1CCOCC[NH+](CP(=O)([O-])c2ccccc2)CC1)c1ccccc1.O=P([O-])(CN1CCOCC[NH+](CP(=O)([O-])c2ccccc2)CC1)c1ccccc1.O=P([O-])(CN1CCOCC[NH+](CP(=O)([O-])c2ccccc2)CC1)c1ccccc1.[NH4+].[NH4+].[NH4+].[NH4+]. The highest BCUT2D eigenvalue weighted by atomic mass is 31.2. The van der Waals surface area contributed by atoms with Gasteiger partial charge < -0.3 is 183 Å². The minimum absolute atomic E-state index is 0. The average molecular weight is 1970 g/mol. The molecular formula is C80H140N12O28P8. The molecule has 728 valence electrons. The Kier molecular flexibility index (Phi) is 63.8. The monoisotopic (exact) mass is 1960 g/mol. The van der Waals surface area contributed by atoms with E-state index in [1.807, 2.05) is 19.6 Å². The second kappa shape index (κ2) is 63.5. The molecule has 4 saturated heterocycles. The number of quaternary nitrogens is 8. The van der Waals surface area contributed by atoms with E-state index in [9.17, 15) is 75.7 Å². The Bertz CT molecular complexity index is 3790. The van der Waals surface area contributed by atoms with Crippen molar-refractivity contribution < 1.29 is 158 Å². The van der Waals surface area contributed by atoms with Crippen molar-refractivity contribution in [3.05, 3.63) is 243 Å². The van der Waals surface area contributed by atoms with Gasteiger partial charge in [0.25, 0.3) is 0 Å². The van der Waals surface area contributed by atoms with E-state index in [2.05, 4.69) is 0 Å². The van der Waals surface area contributed by atoms with Gasteiger partial charge in [-0.1, -0.05) is 243 Å². The van der Waals surface area contributed by atoms with Gasteiger partial charge in [0.05, 0.1) is 138 Å². The summed E-state index contributed by atoms with van der Waals surface area (Å²) in [6.45, 7) is 11.9. The molecule has 0 bridgehead atoms. The number of nitrogens with one attached hydrogen (secondary N) is 4. The molecule has 12 rings (SSSR count). The average Bonchev–Trinajstić information content (AvgIpc) is 1.76. The lowest BCUT2D eigenvalue weighted by molar-refractivity contribution is -0.889. The summed E-state index contributed by atoms with van der Waals surface area (Å²) in [4.78, 5) is 113. The van der Waals surface area contributed by atoms with E-state index in [0.29, 0.717) is 200 Å². The van der Waals surface area contributed by atoms with Crippen LogP contribution in [-0.4, -0.2) is 271 Å². The molecule has 36 N–H and O–H groups in total. The minimum atomic E-state index is -3.77. The van der Waals surface area contributed by atoms with E-state index in [1.54, 1.807) is 243 Å². The zero-order valence-corrected chi connectivity index (χ0v) is 80.4. The third-order valence-electron chi connectivity index (χ3n) is 20.2. The van der Waals surface area contributed by atoms with Gasteiger partial charge in [-0.25, -0.2) is 0 Å². The summed E-state index contributed by atoms with van der Waals surface area (Å²) in [5.41, 5.74) is 0. The first-order valence-electron chi connectivity index (χ1n) is 38.9. The number of hydrogen-bond donors (Lipinski definition) is 8. The molecule has 4 fully saturated rings. The maximum absolute atomic E-state index is 12.7. The first kappa shape index (κ1) is 129. The van der Waals surface area contributed by atoms with Crippen LogP contribution < -0.4 is 126 Å². The van der Waals surface area contributed by atoms with Crippen LogP contribution in [0.3, 0.4) is 0 Å². The second-order valence-electron chi connectivity index (χ2n) is 29.2. The van der Waals surface area contributed by atoms with Crippen LogP contribution in [0.1, 0.15) is 0 Å². The molecule has 48 heteroatoms. The number of nitrogens with zero attached hydrogens (tertiary/aromatic N) is 4. The number of ether oxygens (including phenoxy) is 4. The Hall–Kier alpha value is -5.68. The molecule has 0 radical (unpaired) electrons. The molecular weight excluding hydrogens is 1820 g/mol. The molecule has 12 unspecified atom stereocenters. The van der Waals surface area contributed by atoms with Crippen molar-refractivity contribution in [2.24, 2.45) is 0 Å². The topological polar surface area (TPSA) is 787 Å². The molecule has 4 aliphatic rings. The lowest BCUT2D eigenvalue weighted by Crippen LogP contribution is -3.13. The normalized spacial score (nSPS) is 21.0. The van der Waals surface area contributed by atoms with Crippen LogP contribution in [0.5, 0.6) is 0 Å². The minimum Gasteiger partial charge on any atom is -0.795 e. The summed E-state index contributed by atoms with van der Waals surface area (Å²) in [7, 11) is -30.1. The van der Waals surface area contributed by atoms with Crippen LogP contribution in [0.2, 0.25) is 0 Å². The zero-order valence-electron chi connectivity index (χ0n) is 73.3. The quantitative estimate of drug-likeness (QED) is 0.0260. The van der Waals surface area contributed by atoms with Crippen molar-refractivity contribution in [3.8, 4) is 0 Å². The highest BCUT2D eigenvalue weighted by Crippen LogP contribution is 2.39. The summed E-state index contributed by atoms with van der Waals surface area (Å²) in [5, 5.41) is 2.60. The number of benzene rings is 8. The van der Waals surface area contributed by atoms with Crippen molar-refractivity contribution in [1.29, 1.82) is 0 Å². The highest BCUT2D eigenvalue weighted by molar-refractivity contribution is 7.66. The largest absolute Gasteiger partial charge is 0.795 e. The van der Waals surface area contributed by atoms with Crippen LogP contribution in [-0.2, 0) is 55.5 Å². The van der Waals surface area contributed by atoms with Crippen LogP contribution in [0.4, 0.5) is 0 Å². The molecule has 8 aromatic carbocycles. The van der Waals surface area contributed by atoms with Gasteiger partial charge in [-0.05, 0) is 21.2 Å². The lowest BCUT2D eigenvalue weighted by Gasteiger charge is -2.32. The molecule has 0 aliphatic carbocycles. The standard InChI is InChI=1S/4C20H28N2O5P2.4H3N.8H2O/c4*23-28(24,19-7-3-1-4-8-19)17-21-11-12-22(14-16-27-15-13-21)18-29(25,26)20-9-5-2-6-10-20;;;;;;;;;;;;/h4*1-10H,11-18H2,(H,23,24)(H,25,26);4*1H3;8*1H2. The third kappa shape index (κ3) is 43.6. The van der Waals surface area contributed by atoms with Gasteiger partial charge in [-0.2, -0.15) is 0 Å². The van der Waals surface area contributed by atoms with E-state index in [0.717, 1.165) is 19.6 Å². The fraction of sp³-hybridized carbons (Fsp3) is 0.400. The smallest absolute Gasteiger partial charge is 0.121 e. The molecule has 0 spiro atoms. The Morgan fingerprint density at radius 2 is 0.336 bits per heavy atom. The summed E-state index contributed by atoms with van der Waals surface area (Å²) in [5.74, 6) is 0. The Balaban J connectivity index is -0.000000777. The molecule has 0 aromatic heterocycles. The van der Waals surface area contributed by atoms with Gasteiger partial charge in [0.2, 0.25) is 0 Å². The first-order valence-corrected chi connectivity index (χ1v) is 53.4. The van der Waals surface area contributed by atoms with E-state index >= 15 is 0 Å². The van der Waals surface area contributed by atoms with Crippen molar-refractivity contribution in [1.82, 2.24) is 44.2 Å². The van der Waals surface area contributed by atoms with Crippen molar-refractivity contribution in [2.75, 3.05) is 208 Å². The summed E-state index contributed by atoms with van der Waals surface area (Å²) in [6, 6.07) is 67.4. The van der Waals surface area contributed by atoms with Crippen molar-refractivity contribution >= 4 is 101 Å². The fourth-order valence-electron chi connectivity index (χ4n) is 13.6. The predicted molar refractivity (Wildman–Crippen MR) is 494 cm³/mol. The zero-order chi connectivity index (χ0) is 83.0. The first-order chi connectivity index (χ1) is 55.5. The summed E-state index contributed by atoms with van der Waals surface area (Å²) < 4.78 is 124. The van der Waals surface area contributed by atoms with Crippen molar-refractivity contribution in [2.45, 2.75) is 0 Å². The Labute approximate surface area is 750 Å². The predicted octanol–water partition coefficient (Wildman–Crippen LogP) is -8.91. The van der Waals surface area contributed by atoms with Crippen LogP contribution in [0, 0.1) is 0 Å². The van der Waals surface area contributed by atoms with Crippen LogP contribution in [0.25, 0.3) is 0 Å². The fourth-order valence-corrected chi connectivity index (χ4v) is 26.9. The highest BCUT2D eigenvalue weighted by Gasteiger charge is 2.30. The van der Waals surface area contributed by atoms with Crippen molar-refractivity contribution in [3.63, 3.8) is 0 Å². The second-order valence-corrected chi connectivity index (χ2v) is 46.5. The third-order valence-corrected chi connectivity index (χ3v) is 35.4. The van der Waals surface area contributed by atoms with Gasteiger partial charge in [0, 0.05) is 98.7 Å². The van der Waals surface area contributed by atoms with Gasteiger partial charge in [-0.15, -0.1) is 0 Å². The van der Waals surface area contributed by atoms with E-state index in [4.69, 9.17) is 18.9 Å². The van der Waals surface area contributed by atoms with Gasteiger partial charge >= 0.3 is 0 Å². The molecule has 4 aliphatic heterocycles. The van der Waals surface area contributed by atoms with Crippen LogP contribution in [0.15, 0.2) is 243 Å². The Morgan fingerprint density at radius 3 is 0.477 bits per heavy atom. The number of hydrogen-bond acceptors (Lipinski definition) is 24. The maximum atomic E-state index is 12.7.